The van der Waals surface area contributed by atoms with Crippen LogP contribution in [0.1, 0.15) is 0 Å². The minimum Gasteiger partial charge on any atom is -0.475 e. The van der Waals surface area contributed by atoms with Crippen LogP contribution < -0.4 is 0 Å². The van der Waals surface area contributed by atoms with Gasteiger partial charge in [0.25, 0.3) is 0 Å². The van der Waals surface area contributed by atoms with Crippen LogP contribution in [0.2, 0.25) is 0 Å². The van der Waals surface area contributed by atoms with E-state index in [1.807, 2.05) is 0 Å². The van der Waals surface area contributed by atoms with Gasteiger partial charge < -0.3 is 5.11 Å². The Morgan fingerprint density at radius 1 is 0.870 bits per heavy atom. The zero-order valence-corrected chi connectivity index (χ0v) is 11.4. The maximum Gasteiger partial charge on any atom is 0.771 e. The Morgan fingerprint density at radius 3 is 1.30 bits per heavy atom. The van der Waals surface area contributed by atoms with Gasteiger partial charge in [-0.25, -0.2) is 13.2 Å². The van der Waals surface area contributed by atoms with Gasteiger partial charge in [0.15, 0.2) is 14.8 Å². The first kappa shape index (κ1) is 19.7. The molecule has 0 bridgehead atoms. The molecule has 0 aliphatic carbocycles. The van der Waals surface area contributed by atoms with Crippen LogP contribution in [0, 0.1) is 40.5 Å². The summed E-state index contributed by atoms with van der Waals surface area (Å²) in [5, 5.41) is 51.5. The number of aliphatic carboxylic acids is 1. The molecule has 18 heteroatoms. The molecule has 0 aromatic carbocycles. The Balaban J connectivity index is 7.26. The third kappa shape index (κ3) is 2.29. The zero-order chi connectivity index (χ0) is 19.0. The Kier molecular flexibility index (Phi) is 4.69. The second kappa shape index (κ2) is 5.47. The zero-order valence-electron chi connectivity index (χ0n) is 10.5. The molecule has 0 rings (SSSR count). The minimum atomic E-state index is -5.77. The normalized spacial score (nSPS) is 14.3. The number of hydrogen-bond donors (Lipinski definition) is 1. The standard InChI is InChI=1S/C5H4N4O13S/c1-23(21,22)4(3(11)12,6(13)14)2(10)5(7(15)16,8(17)18)9(19)20/h1H3,(H,11,12). The van der Waals surface area contributed by atoms with Crippen molar-refractivity contribution in [3.63, 3.8) is 0 Å². The van der Waals surface area contributed by atoms with Gasteiger partial charge in [0.1, 0.15) is 0 Å². The molecule has 0 saturated heterocycles. The van der Waals surface area contributed by atoms with Crippen molar-refractivity contribution in [1.29, 1.82) is 0 Å². The second-order valence-electron chi connectivity index (χ2n) is 3.71. The van der Waals surface area contributed by atoms with Crippen LogP contribution in [-0.2, 0) is 19.4 Å². The fourth-order valence-electron chi connectivity index (χ4n) is 1.40. The molecule has 0 aliphatic rings. The summed E-state index contributed by atoms with van der Waals surface area (Å²) < 4.78 is 22.8. The van der Waals surface area contributed by atoms with E-state index in [1.165, 1.54) is 0 Å². The Hall–Kier alpha value is -3.31. The van der Waals surface area contributed by atoms with E-state index in [4.69, 9.17) is 5.11 Å². The number of Topliss-reactive ketones (excluding diaryl/α,β-unsaturated/α-hetero) is 1. The average molecular weight is 360 g/mol. The molecule has 0 spiro atoms. The van der Waals surface area contributed by atoms with E-state index in [2.05, 4.69) is 0 Å². The average Bonchev–Trinajstić information content (AvgIpc) is 2.24. The van der Waals surface area contributed by atoms with Gasteiger partial charge in [-0.15, -0.1) is 0 Å². The highest BCUT2D eigenvalue weighted by Crippen LogP contribution is 2.29. The van der Waals surface area contributed by atoms with Crippen molar-refractivity contribution in [2.75, 3.05) is 6.26 Å². The van der Waals surface area contributed by atoms with E-state index in [-0.39, 0.29) is 6.26 Å². The summed E-state index contributed by atoms with van der Waals surface area (Å²) in [6, 6.07) is 0. The molecule has 0 aromatic rings. The van der Waals surface area contributed by atoms with Gasteiger partial charge >= 0.3 is 22.4 Å². The summed E-state index contributed by atoms with van der Waals surface area (Å²) in [5.41, 5.74) is 0. The number of nitrogens with zero attached hydrogens (tertiary/aromatic N) is 4. The van der Waals surface area contributed by atoms with E-state index in [0.717, 1.165) is 0 Å². The first-order valence-corrected chi connectivity index (χ1v) is 6.57. The van der Waals surface area contributed by atoms with E-state index in [0.29, 0.717) is 0 Å². The fourth-order valence-corrected chi connectivity index (χ4v) is 2.46. The molecule has 1 unspecified atom stereocenters. The third-order valence-corrected chi connectivity index (χ3v) is 4.04. The van der Waals surface area contributed by atoms with Gasteiger partial charge in [0.05, 0.1) is 4.92 Å². The largest absolute Gasteiger partial charge is 0.771 e. The van der Waals surface area contributed by atoms with Crippen molar-refractivity contribution in [2.45, 2.75) is 10.7 Å². The van der Waals surface area contributed by atoms with Crippen LogP contribution in [0.25, 0.3) is 0 Å². The van der Waals surface area contributed by atoms with E-state index < -0.39 is 51.9 Å². The molecule has 0 aliphatic heterocycles. The lowest BCUT2D eigenvalue weighted by Crippen LogP contribution is -2.72. The number of carboxylic acids is 1. The lowest BCUT2D eigenvalue weighted by molar-refractivity contribution is -0.948. The molecule has 0 saturated carbocycles. The van der Waals surface area contributed by atoms with Crippen molar-refractivity contribution < 1.29 is 42.8 Å². The molecule has 128 valence electrons. The molecule has 0 radical (unpaired) electrons. The van der Waals surface area contributed by atoms with Crippen LogP contribution >= 0.6 is 0 Å². The molecule has 17 nitrogen and oxygen atoms in total. The summed E-state index contributed by atoms with van der Waals surface area (Å²) in [6.07, 6.45) is -0.258. The Morgan fingerprint density at radius 2 is 1.17 bits per heavy atom. The first-order chi connectivity index (χ1) is 10.1. The molecular formula is C5H4N4O13S. The number of nitro groups is 4. The quantitative estimate of drug-likeness (QED) is 0.198. The first-order valence-electron chi connectivity index (χ1n) is 4.68. The van der Waals surface area contributed by atoms with Crippen molar-refractivity contribution >= 4 is 21.6 Å². The highest BCUT2D eigenvalue weighted by atomic mass is 32.2. The summed E-state index contributed by atoms with van der Waals surface area (Å²) in [7, 11) is -5.77. The van der Waals surface area contributed by atoms with E-state index >= 15 is 0 Å². The van der Waals surface area contributed by atoms with Gasteiger partial charge in [0, 0.05) is 6.26 Å². The SMILES string of the molecule is CS(=O)(=O)C(C(=O)O)(C(=O)C([N+](=O)[O-])([N+](=O)[O-])[N+](=O)[O-])[N+](=O)[O-]. The van der Waals surface area contributed by atoms with Crippen molar-refractivity contribution in [1.82, 2.24) is 0 Å². The van der Waals surface area contributed by atoms with E-state index in [1.54, 1.807) is 0 Å². The molecule has 1 atom stereocenters. The third-order valence-electron chi connectivity index (χ3n) is 2.46. The lowest BCUT2D eigenvalue weighted by Gasteiger charge is -2.17. The number of carboxylic acid groups (broad SMARTS) is 1. The number of carbonyl (C=O) groups excluding carboxylic acids is 1. The topological polar surface area (TPSA) is 261 Å². The Bertz CT molecular complexity index is 685. The summed E-state index contributed by atoms with van der Waals surface area (Å²) >= 11 is 0. The van der Waals surface area contributed by atoms with Gasteiger partial charge in [-0.1, -0.05) is 0 Å². The van der Waals surface area contributed by atoms with Crippen molar-refractivity contribution in [3.05, 3.63) is 40.5 Å². The van der Waals surface area contributed by atoms with Crippen LogP contribution in [-0.4, -0.2) is 61.9 Å². The van der Waals surface area contributed by atoms with Crippen LogP contribution in [0.3, 0.4) is 0 Å². The van der Waals surface area contributed by atoms with Crippen LogP contribution in [0.4, 0.5) is 0 Å². The van der Waals surface area contributed by atoms with Gasteiger partial charge in [-0.3, -0.25) is 45.3 Å². The fraction of sp³-hybridized carbons (Fsp3) is 0.600. The van der Waals surface area contributed by atoms with Crippen LogP contribution in [0.5, 0.6) is 0 Å². The molecule has 1 N–H and O–H groups in total. The smallest absolute Gasteiger partial charge is 0.475 e. The Labute approximate surface area is 123 Å². The molecule has 0 heterocycles. The molecule has 0 fully saturated rings. The maximum absolute atomic E-state index is 11.8. The predicted molar refractivity (Wildman–Crippen MR) is 60.9 cm³/mol. The monoisotopic (exact) mass is 360 g/mol. The van der Waals surface area contributed by atoms with Gasteiger partial charge in [0.2, 0.25) is 9.84 Å². The molecule has 0 amide bonds. The molecule has 0 aromatic heterocycles. The lowest BCUT2D eigenvalue weighted by atomic mass is 10.1. The highest BCUT2D eigenvalue weighted by molar-refractivity contribution is 7.93. The summed E-state index contributed by atoms with van der Waals surface area (Å²) in [5.74, 6) is -12.0. The highest BCUT2D eigenvalue weighted by Gasteiger charge is 2.91. The predicted octanol–water partition coefficient (Wildman–Crippen LogP) is -2.86. The minimum absolute atomic E-state index is 0.258. The van der Waals surface area contributed by atoms with E-state index in [9.17, 15) is 58.5 Å². The van der Waals surface area contributed by atoms with Gasteiger partial charge in [-0.2, -0.15) is 0 Å². The summed E-state index contributed by atoms with van der Waals surface area (Å²) in [6.45, 7) is 0. The van der Waals surface area contributed by atoms with Crippen molar-refractivity contribution in [2.24, 2.45) is 0 Å². The number of sulfone groups is 1. The maximum atomic E-state index is 11.8. The molecule has 23 heavy (non-hydrogen) atoms. The summed E-state index contributed by atoms with van der Waals surface area (Å²) in [4.78, 5) is 50.5. The van der Waals surface area contributed by atoms with Crippen LogP contribution in [0.15, 0.2) is 0 Å². The number of carbonyl (C=O) groups is 2. The van der Waals surface area contributed by atoms with Gasteiger partial charge in [-0.05, 0) is 0 Å². The van der Waals surface area contributed by atoms with Crippen molar-refractivity contribution in [3.8, 4) is 0 Å². The number of ketones is 1. The molecular weight excluding hydrogens is 356 g/mol. The number of hydrogen-bond acceptors (Lipinski definition) is 12. The number of rotatable bonds is 8. The second-order valence-corrected chi connectivity index (χ2v) is 5.85.